The fourth-order valence-corrected chi connectivity index (χ4v) is 5.25. The number of halogens is 2. The molecular formula is C24H29ClFN7O2. The molecule has 4 N–H and O–H groups in total. The number of nitrogens with two attached hydrogens (primary N) is 1. The first-order valence-corrected chi connectivity index (χ1v) is 12.1. The van der Waals surface area contributed by atoms with Crippen molar-refractivity contribution in [3.05, 3.63) is 52.8 Å². The average Bonchev–Trinajstić information content (AvgIpc) is 3.52. The number of nitrogen functional groups attached to an aromatic ring is 1. The molecule has 0 bridgehead atoms. The number of hydrogen-bond acceptors (Lipinski definition) is 8. The van der Waals surface area contributed by atoms with E-state index in [0.29, 0.717) is 12.3 Å². The average molecular weight is 502 g/mol. The fraction of sp³-hybridized carbons (Fsp3) is 0.458. The highest BCUT2D eigenvalue weighted by atomic mass is 35.5. The summed E-state index contributed by atoms with van der Waals surface area (Å²) in [6.07, 6.45) is 3.66. The number of aliphatic hydroxyl groups excluding tert-OH is 1. The lowest BCUT2D eigenvalue weighted by molar-refractivity contribution is -0.00920. The molecule has 0 saturated carbocycles. The Bertz CT molecular complexity index is 1240. The molecule has 11 heteroatoms. The van der Waals surface area contributed by atoms with Crippen LogP contribution in [0.15, 0.2) is 30.6 Å². The van der Waals surface area contributed by atoms with Crippen molar-refractivity contribution in [2.24, 2.45) is 0 Å². The number of anilines is 1. The SMILES string of the molecule is CCNC(O)N1CCC2(CCn3nc(-c4cnc(N)c(OC(C)c5ncc(Cl)cc5F)c4)cc32)C1. The fourth-order valence-electron chi connectivity index (χ4n) is 5.10. The van der Waals surface area contributed by atoms with Crippen LogP contribution in [-0.2, 0) is 12.0 Å². The molecule has 35 heavy (non-hydrogen) atoms. The summed E-state index contributed by atoms with van der Waals surface area (Å²) in [5.74, 6) is -0.0229. The van der Waals surface area contributed by atoms with Gasteiger partial charge in [-0.25, -0.2) is 9.37 Å². The summed E-state index contributed by atoms with van der Waals surface area (Å²) >= 11 is 5.81. The first-order valence-electron chi connectivity index (χ1n) is 11.8. The molecule has 0 aromatic carbocycles. The summed E-state index contributed by atoms with van der Waals surface area (Å²) < 4.78 is 22.3. The summed E-state index contributed by atoms with van der Waals surface area (Å²) in [5.41, 5.74) is 8.85. The maximum atomic E-state index is 14.3. The summed E-state index contributed by atoms with van der Waals surface area (Å²) in [5, 5.41) is 18.5. The maximum absolute atomic E-state index is 14.3. The molecule has 0 radical (unpaired) electrons. The van der Waals surface area contributed by atoms with Gasteiger partial charge in [-0.05, 0) is 44.5 Å². The van der Waals surface area contributed by atoms with Crippen LogP contribution in [0.25, 0.3) is 11.3 Å². The van der Waals surface area contributed by atoms with Gasteiger partial charge in [0, 0.05) is 48.7 Å². The van der Waals surface area contributed by atoms with Crippen LogP contribution in [0.1, 0.15) is 44.2 Å². The van der Waals surface area contributed by atoms with E-state index < -0.39 is 18.3 Å². The molecule has 3 aromatic heterocycles. The predicted octanol–water partition coefficient (Wildman–Crippen LogP) is 3.09. The van der Waals surface area contributed by atoms with Gasteiger partial charge < -0.3 is 15.6 Å². The number of aliphatic hydroxyl groups is 1. The molecule has 3 atom stereocenters. The Morgan fingerprint density at radius 2 is 2.06 bits per heavy atom. The molecule has 9 nitrogen and oxygen atoms in total. The third kappa shape index (κ3) is 4.47. The molecule has 2 aliphatic heterocycles. The van der Waals surface area contributed by atoms with Crippen molar-refractivity contribution < 1.29 is 14.2 Å². The Balaban J connectivity index is 1.38. The molecule has 0 amide bonds. The van der Waals surface area contributed by atoms with Gasteiger partial charge in [0.15, 0.2) is 17.9 Å². The summed E-state index contributed by atoms with van der Waals surface area (Å²) in [6.45, 7) is 6.80. The number of fused-ring (bicyclic) bond motifs is 2. The van der Waals surface area contributed by atoms with Crippen molar-refractivity contribution >= 4 is 17.4 Å². The molecule has 3 unspecified atom stereocenters. The van der Waals surface area contributed by atoms with Gasteiger partial charge in [-0.2, -0.15) is 5.10 Å². The minimum atomic E-state index is -0.700. The van der Waals surface area contributed by atoms with Crippen molar-refractivity contribution in [1.29, 1.82) is 0 Å². The van der Waals surface area contributed by atoms with Gasteiger partial charge >= 0.3 is 0 Å². The molecule has 1 saturated heterocycles. The first-order chi connectivity index (χ1) is 16.8. The topological polar surface area (TPSA) is 114 Å². The second-order valence-corrected chi connectivity index (χ2v) is 9.64. The van der Waals surface area contributed by atoms with E-state index in [1.54, 1.807) is 19.2 Å². The van der Waals surface area contributed by atoms with Crippen LogP contribution in [-0.4, -0.2) is 55.7 Å². The minimum Gasteiger partial charge on any atom is -0.480 e. The van der Waals surface area contributed by atoms with Crippen LogP contribution in [0.3, 0.4) is 0 Å². The lowest BCUT2D eigenvalue weighted by Crippen LogP contribution is -2.45. The number of aryl methyl sites for hydroxylation is 1. The number of rotatable bonds is 7. The van der Waals surface area contributed by atoms with Crippen molar-refractivity contribution in [2.45, 2.75) is 51.1 Å². The van der Waals surface area contributed by atoms with Crippen LogP contribution in [0.5, 0.6) is 5.75 Å². The van der Waals surface area contributed by atoms with Crippen LogP contribution in [0.2, 0.25) is 5.02 Å². The van der Waals surface area contributed by atoms with Crippen molar-refractivity contribution in [3.63, 3.8) is 0 Å². The number of ether oxygens (including phenoxy) is 1. The van der Waals surface area contributed by atoms with E-state index in [0.717, 1.165) is 43.7 Å². The molecule has 186 valence electrons. The zero-order chi connectivity index (χ0) is 24.7. The highest BCUT2D eigenvalue weighted by Crippen LogP contribution is 2.44. The quantitative estimate of drug-likeness (QED) is 0.423. The van der Waals surface area contributed by atoms with E-state index in [1.165, 1.54) is 18.0 Å². The number of likely N-dealkylation sites (tertiary alicyclic amines) is 1. The van der Waals surface area contributed by atoms with Gasteiger partial charge in [0.2, 0.25) is 0 Å². The Kier molecular flexibility index (Phi) is 6.39. The second-order valence-electron chi connectivity index (χ2n) is 9.21. The number of aromatic nitrogens is 4. The Morgan fingerprint density at radius 3 is 2.83 bits per heavy atom. The summed E-state index contributed by atoms with van der Waals surface area (Å²) in [4.78, 5) is 10.4. The Labute approximate surface area is 208 Å². The third-order valence-electron chi connectivity index (χ3n) is 6.94. The van der Waals surface area contributed by atoms with Gasteiger partial charge in [0.1, 0.15) is 17.6 Å². The summed E-state index contributed by atoms with van der Waals surface area (Å²) in [6, 6.07) is 5.07. The highest BCUT2D eigenvalue weighted by molar-refractivity contribution is 6.30. The smallest absolute Gasteiger partial charge is 0.166 e. The highest BCUT2D eigenvalue weighted by Gasteiger charge is 2.46. The van der Waals surface area contributed by atoms with Crippen molar-refractivity contribution in [3.8, 4) is 17.0 Å². The van der Waals surface area contributed by atoms with Crippen LogP contribution in [0.4, 0.5) is 10.2 Å². The predicted molar refractivity (Wildman–Crippen MR) is 130 cm³/mol. The van der Waals surface area contributed by atoms with E-state index in [-0.39, 0.29) is 21.9 Å². The van der Waals surface area contributed by atoms with E-state index in [1.807, 2.05) is 11.6 Å². The maximum Gasteiger partial charge on any atom is 0.166 e. The van der Waals surface area contributed by atoms with Gasteiger partial charge in [0.05, 0.1) is 10.7 Å². The molecule has 0 aliphatic carbocycles. The third-order valence-corrected chi connectivity index (χ3v) is 7.15. The van der Waals surface area contributed by atoms with Gasteiger partial charge in [-0.1, -0.05) is 18.5 Å². The minimum absolute atomic E-state index is 0.0332. The number of pyridine rings is 2. The van der Waals surface area contributed by atoms with Crippen molar-refractivity contribution in [1.82, 2.24) is 30.0 Å². The molecule has 1 fully saturated rings. The van der Waals surface area contributed by atoms with Gasteiger partial charge in [0.25, 0.3) is 0 Å². The molecule has 3 aromatic rings. The van der Waals surface area contributed by atoms with Crippen LogP contribution < -0.4 is 15.8 Å². The summed E-state index contributed by atoms with van der Waals surface area (Å²) in [7, 11) is 0. The van der Waals surface area contributed by atoms with E-state index in [4.69, 9.17) is 27.2 Å². The molecule has 5 heterocycles. The largest absolute Gasteiger partial charge is 0.480 e. The number of nitrogens with zero attached hydrogens (tertiary/aromatic N) is 5. The van der Waals surface area contributed by atoms with Gasteiger partial charge in [-0.15, -0.1) is 0 Å². The lowest BCUT2D eigenvalue weighted by Gasteiger charge is -2.26. The zero-order valence-electron chi connectivity index (χ0n) is 19.7. The molecule has 1 spiro atoms. The Morgan fingerprint density at radius 1 is 1.26 bits per heavy atom. The van der Waals surface area contributed by atoms with E-state index in [9.17, 15) is 9.50 Å². The zero-order valence-corrected chi connectivity index (χ0v) is 20.5. The van der Waals surface area contributed by atoms with E-state index >= 15 is 0 Å². The standard InChI is InChI=1S/C24H29ClFN7O2/c1-3-28-23(34)32-6-4-24(13-32)5-7-33-20(24)10-18(31-33)15-8-19(22(27)30-11-15)35-14(2)21-17(26)9-16(25)12-29-21/h8-12,14,23,28,34H,3-7,13H2,1-2H3,(H2,27,30). The number of hydrogen-bond donors (Lipinski definition) is 3. The van der Waals surface area contributed by atoms with Gasteiger partial charge in [-0.3, -0.25) is 19.9 Å². The van der Waals surface area contributed by atoms with Crippen LogP contribution in [0, 0.1) is 5.82 Å². The van der Waals surface area contributed by atoms with Crippen LogP contribution >= 0.6 is 11.6 Å². The first kappa shape index (κ1) is 23.9. The monoisotopic (exact) mass is 501 g/mol. The molecule has 2 aliphatic rings. The second kappa shape index (κ2) is 9.34. The lowest BCUT2D eigenvalue weighted by atomic mass is 9.82. The Hall–Kier alpha value is -2.79. The number of nitrogens with one attached hydrogen (secondary N) is 1. The van der Waals surface area contributed by atoms with E-state index in [2.05, 4.69) is 26.3 Å². The van der Waals surface area contributed by atoms with Crippen molar-refractivity contribution in [2.75, 3.05) is 25.4 Å². The molecule has 5 rings (SSSR count). The normalized spacial score (nSPS) is 21.4. The molecular weight excluding hydrogens is 473 g/mol.